The van der Waals surface area contributed by atoms with Gasteiger partial charge in [-0.15, -0.1) is 0 Å². The van der Waals surface area contributed by atoms with E-state index in [4.69, 9.17) is 11.6 Å². The second-order valence-electron chi connectivity index (χ2n) is 4.23. The fraction of sp³-hybridized carbons (Fsp3) is 0.692. The number of nitrogens with one attached hydrogen (secondary N) is 1. The number of aromatic nitrogens is 2. The highest BCUT2D eigenvalue weighted by atomic mass is 35.5. The van der Waals surface area contributed by atoms with Crippen LogP contribution in [0.5, 0.6) is 0 Å². The van der Waals surface area contributed by atoms with Crippen molar-refractivity contribution in [2.75, 3.05) is 11.9 Å². The van der Waals surface area contributed by atoms with Crippen molar-refractivity contribution in [1.82, 2.24) is 9.97 Å². The number of rotatable bonds is 8. The zero-order valence-corrected chi connectivity index (χ0v) is 11.6. The number of hydrogen-bond donors (Lipinski definition) is 1. The second kappa shape index (κ2) is 8.29. The van der Waals surface area contributed by atoms with Gasteiger partial charge in [-0.2, -0.15) is 0 Å². The third-order valence-electron chi connectivity index (χ3n) is 2.72. The molecule has 0 aromatic carbocycles. The van der Waals surface area contributed by atoms with Crippen LogP contribution in [0, 0.1) is 0 Å². The molecule has 0 bridgehead atoms. The molecule has 0 atom stereocenters. The van der Waals surface area contributed by atoms with Crippen LogP contribution in [0.2, 0.25) is 5.15 Å². The van der Waals surface area contributed by atoms with E-state index in [2.05, 4.69) is 29.1 Å². The lowest BCUT2D eigenvalue weighted by atomic mass is 10.1. The summed E-state index contributed by atoms with van der Waals surface area (Å²) >= 11 is 6.08. The molecule has 96 valence electrons. The summed E-state index contributed by atoms with van der Waals surface area (Å²) in [6, 6.07) is 0. The van der Waals surface area contributed by atoms with E-state index >= 15 is 0 Å². The zero-order chi connectivity index (χ0) is 12.5. The molecule has 1 N–H and O–H groups in total. The van der Waals surface area contributed by atoms with E-state index in [9.17, 15) is 0 Å². The maximum absolute atomic E-state index is 6.08. The minimum atomic E-state index is 0.581. The van der Waals surface area contributed by atoms with Crippen LogP contribution in [0.25, 0.3) is 0 Å². The largest absolute Gasteiger partial charge is 0.370 e. The molecule has 0 spiro atoms. The molecule has 0 aliphatic rings. The molecule has 0 aliphatic heterocycles. The molecule has 4 heteroatoms. The molecule has 1 aromatic rings. The molecule has 0 amide bonds. The molecule has 1 aromatic heterocycles. The molecule has 17 heavy (non-hydrogen) atoms. The molecule has 0 radical (unpaired) electrons. The minimum Gasteiger partial charge on any atom is -0.370 e. The van der Waals surface area contributed by atoms with Gasteiger partial charge in [-0.05, 0) is 12.8 Å². The van der Waals surface area contributed by atoms with Crippen LogP contribution >= 0.6 is 11.6 Å². The van der Waals surface area contributed by atoms with E-state index in [1.165, 1.54) is 32.0 Å². The van der Waals surface area contributed by atoms with Crippen molar-refractivity contribution >= 4 is 17.4 Å². The van der Waals surface area contributed by atoms with Crippen LogP contribution < -0.4 is 5.32 Å². The van der Waals surface area contributed by atoms with Gasteiger partial charge in [0.25, 0.3) is 0 Å². The van der Waals surface area contributed by atoms with Crippen molar-refractivity contribution in [1.29, 1.82) is 0 Å². The van der Waals surface area contributed by atoms with Gasteiger partial charge in [0.15, 0.2) is 0 Å². The van der Waals surface area contributed by atoms with E-state index < -0.39 is 0 Å². The van der Waals surface area contributed by atoms with E-state index in [0.29, 0.717) is 5.15 Å². The molecule has 1 rings (SSSR count). The first kappa shape index (κ1) is 14.2. The van der Waals surface area contributed by atoms with Gasteiger partial charge >= 0.3 is 0 Å². The molecular formula is C13H22ClN3. The third-order valence-corrected chi connectivity index (χ3v) is 3.04. The van der Waals surface area contributed by atoms with E-state index in [1.54, 1.807) is 0 Å². The average Bonchev–Trinajstić information content (AvgIpc) is 2.33. The number of unbranched alkanes of at least 4 members (excludes halogenated alkanes) is 3. The molecule has 0 saturated heterocycles. The fourth-order valence-electron chi connectivity index (χ4n) is 1.77. The highest BCUT2D eigenvalue weighted by molar-refractivity contribution is 6.30. The smallest absolute Gasteiger partial charge is 0.137 e. The quantitative estimate of drug-likeness (QED) is 0.562. The summed E-state index contributed by atoms with van der Waals surface area (Å²) in [5, 5.41) is 3.94. The predicted molar refractivity (Wildman–Crippen MR) is 73.7 cm³/mol. The SMILES string of the molecule is CCCCCCNc1ncnc(Cl)c1CCC. The Balaban J connectivity index is 2.48. The topological polar surface area (TPSA) is 37.8 Å². The summed E-state index contributed by atoms with van der Waals surface area (Å²) in [6.07, 6.45) is 8.52. The van der Waals surface area contributed by atoms with Gasteiger partial charge in [0.05, 0.1) is 0 Å². The van der Waals surface area contributed by atoms with Crippen LogP contribution in [0.15, 0.2) is 6.33 Å². The first-order chi connectivity index (χ1) is 8.29. The monoisotopic (exact) mass is 255 g/mol. The Kier molecular flexibility index (Phi) is 6.94. The highest BCUT2D eigenvalue weighted by Crippen LogP contribution is 2.21. The number of hydrogen-bond acceptors (Lipinski definition) is 3. The number of anilines is 1. The molecule has 0 saturated carbocycles. The van der Waals surface area contributed by atoms with Gasteiger partial charge < -0.3 is 5.32 Å². The van der Waals surface area contributed by atoms with Gasteiger partial charge in [0, 0.05) is 12.1 Å². The normalized spacial score (nSPS) is 10.5. The van der Waals surface area contributed by atoms with Gasteiger partial charge in [-0.25, -0.2) is 9.97 Å². The average molecular weight is 256 g/mol. The number of halogens is 1. The van der Waals surface area contributed by atoms with Crippen molar-refractivity contribution in [2.45, 2.75) is 52.4 Å². The summed E-state index contributed by atoms with van der Waals surface area (Å²) in [7, 11) is 0. The van der Waals surface area contributed by atoms with Gasteiger partial charge in [0.2, 0.25) is 0 Å². The lowest BCUT2D eigenvalue weighted by Crippen LogP contribution is -2.07. The van der Waals surface area contributed by atoms with E-state index in [0.717, 1.165) is 30.8 Å². The Bertz CT molecular complexity index is 328. The van der Waals surface area contributed by atoms with Crippen LogP contribution in [-0.4, -0.2) is 16.5 Å². The summed E-state index contributed by atoms with van der Waals surface area (Å²) in [4.78, 5) is 8.30. The first-order valence-corrected chi connectivity index (χ1v) is 6.90. The van der Waals surface area contributed by atoms with Crippen molar-refractivity contribution in [2.24, 2.45) is 0 Å². The lowest BCUT2D eigenvalue weighted by molar-refractivity contribution is 0.683. The highest BCUT2D eigenvalue weighted by Gasteiger charge is 2.07. The Labute approximate surface area is 109 Å². The van der Waals surface area contributed by atoms with Crippen LogP contribution in [0.4, 0.5) is 5.82 Å². The van der Waals surface area contributed by atoms with Crippen molar-refractivity contribution in [3.8, 4) is 0 Å². The minimum absolute atomic E-state index is 0.581. The second-order valence-corrected chi connectivity index (χ2v) is 4.59. The molecule has 0 unspecified atom stereocenters. The zero-order valence-electron chi connectivity index (χ0n) is 10.8. The fourth-order valence-corrected chi connectivity index (χ4v) is 2.00. The number of nitrogens with zero attached hydrogens (tertiary/aromatic N) is 2. The van der Waals surface area contributed by atoms with E-state index in [-0.39, 0.29) is 0 Å². The summed E-state index contributed by atoms with van der Waals surface area (Å²) in [5.41, 5.74) is 1.05. The summed E-state index contributed by atoms with van der Waals surface area (Å²) < 4.78 is 0. The predicted octanol–water partition coefficient (Wildman–Crippen LogP) is 4.07. The van der Waals surface area contributed by atoms with Crippen molar-refractivity contribution in [3.05, 3.63) is 17.0 Å². The molecular weight excluding hydrogens is 234 g/mol. The van der Waals surface area contributed by atoms with E-state index in [1.807, 2.05) is 0 Å². The summed E-state index contributed by atoms with van der Waals surface area (Å²) in [5.74, 6) is 0.906. The van der Waals surface area contributed by atoms with Crippen LogP contribution in [0.1, 0.15) is 51.5 Å². The maximum atomic E-state index is 6.08. The Morgan fingerprint density at radius 1 is 1.12 bits per heavy atom. The van der Waals surface area contributed by atoms with Gasteiger partial charge in [-0.1, -0.05) is 51.1 Å². The molecule has 0 fully saturated rings. The Morgan fingerprint density at radius 2 is 1.94 bits per heavy atom. The van der Waals surface area contributed by atoms with Crippen LogP contribution in [0.3, 0.4) is 0 Å². The van der Waals surface area contributed by atoms with Crippen LogP contribution in [-0.2, 0) is 6.42 Å². The summed E-state index contributed by atoms with van der Waals surface area (Å²) in [6.45, 7) is 5.31. The maximum Gasteiger partial charge on any atom is 0.137 e. The molecule has 3 nitrogen and oxygen atoms in total. The molecule has 0 aliphatic carbocycles. The van der Waals surface area contributed by atoms with Crippen molar-refractivity contribution < 1.29 is 0 Å². The van der Waals surface area contributed by atoms with Gasteiger partial charge in [0.1, 0.15) is 17.3 Å². The van der Waals surface area contributed by atoms with Gasteiger partial charge in [-0.3, -0.25) is 0 Å². The van der Waals surface area contributed by atoms with Crippen molar-refractivity contribution in [3.63, 3.8) is 0 Å². The Hall–Kier alpha value is -0.830. The lowest BCUT2D eigenvalue weighted by Gasteiger charge is -2.10. The first-order valence-electron chi connectivity index (χ1n) is 6.52. The molecule has 1 heterocycles. The Morgan fingerprint density at radius 3 is 2.65 bits per heavy atom. The third kappa shape index (κ3) is 4.90. The standard InChI is InChI=1S/C13H22ClN3/c1-3-5-6-7-9-15-13-11(8-4-2)12(14)16-10-17-13/h10H,3-9H2,1-2H3,(H,15,16,17).